The minimum atomic E-state index is -3.65. The summed E-state index contributed by atoms with van der Waals surface area (Å²) in [5.74, 6) is -0.0627. The Labute approximate surface area is 184 Å². The molecule has 8 heteroatoms. The number of fused-ring (bicyclic) bond motifs is 1. The quantitative estimate of drug-likeness (QED) is 0.664. The van der Waals surface area contributed by atoms with Crippen LogP contribution in [0.25, 0.3) is 10.9 Å². The molecule has 0 radical (unpaired) electrons. The summed E-state index contributed by atoms with van der Waals surface area (Å²) in [6.45, 7) is 6.73. The minimum absolute atomic E-state index is 0.0563. The van der Waals surface area contributed by atoms with Crippen LogP contribution >= 0.6 is 0 Å². The second-order valence-electron chi connectivity index (χ2n) is 8.71. The molecule has 2 aromatic rings. The first-order chi connectivity index (χ1) is 14.9. The van der Waals surface area contributed by atoms with Gasteiger partial charge in [-0.05, 0) is 76.4 Å². The number of nitrogens with zero attached hydrogens (tertiary/aromatic N) is 3. The largest absolute Gasteiger partial charge is 0.356 e. The molecule has 4 rings (SSSR count). The number of pyridine rings is 1. The summed E-state index contributed by atoms with van der Waals surface area (Å²) < 4.78 is 28.1. The van der Waals surface area contributed by atoms with Gasteiger partial charge in [-0.15, -0.1) is 0 Å². The summed E-state index contributed by atoms with van der Waals surface area (Å²) in [7, 11) is -3.65. The monoisotopic (exact) mass is 444 g/mol. The third kappa shape index (κ3) is 5.07. The third-order valence-electron chi connectivity index (χ3n) is 6.40. The molecule has 31 heavy (non-hydrogen) atoms. The van der Waals surface area contributed by atoms with Crippen LogP contribution in [0.15, 0.2) is 35.4 Å². The van der Waals surface area contributed by atoms with Crippen LogP contribution in [0.3, 0.4) is 0 Å². The maximum absolute atomic E-state index is 13.3. The summed E-state index contributed by atoms with van der Waals surface area (Å²) in [6.07, 6.45) is 6.32. The summed E-state index contributed by atoms with van der Waals surface area (Å²) in [5.41, 5.74) is 1.50. The van der Waals surface area contributed by atoms with E-state index in [4.69, 9.17) is 0 Å². The molecule has 0 bridgehead atoms. The Bertz CT molecular complexity index is 1030. The van der Waals surface area contributed by atoms with Gasteiger partial charge in [0.05, 0.1) is 5.52 Å². The maximum Gasteiger partial charge on any atom is 0.245 e. The van der Waals surface area contributed by atoms with Gasteiger partial charge >= 0.3 is 0 Å². The molecule has 1 amide bonds. The van der Waals surface area contributed by atoms with Crippen molar-refractivity contribution in [3.05, 3.63) is 36.0 Å². The third-order valence-corrected chi connectivity index (χ3v) is 8.33. The van der Waals surface area contributed by atoms with Gasteiger partial charge in [-0.1, -0.05) is 12.1 Å². The van der Waals surface area contributed by atoms with E-state index in [-0.39, 0.29) is 16.7 Å². The predicted molar refractivity (Wildman–Crippen MR) is 121 cm³/mol. The molecule has 2 aliphatic rings. The molecule has 0 aliphatic carbocycles. The summed E-state index contributed by atoms with van der Waals surface area (Å²) in [5, 5.41) is 3.87. The topological polar surface area (TPSA) is 82.6 Å². The number of rotatable bonds is 7. The van der Waals surface area contributed by atoms with Gasteiger partial charge in [0.15, 0.2) is 0 Å². The lowest BCUT2D eigenvalue weighted by molar-refractivity contribution is -0.126. The van der Waals surface area contributed by atoms with Crippen molar-refractivity contribution < 1.29 is 13.2 Å². The molecular formula is C23H32N4O3S. The van der Waals surface area contributed by atoms with Crippen LogP contribution in [-0.2, 0) is 14.8 Å². The second-order valence-corrected chi connectivity index (χ2v) is 10.6. The van der Waals surface area contributed by atoms with Gasteiger partial charge in [-0.2, -0.15) is 4.31 Å². The highest BCUT2D eigenvalue weighted by Crippen LogP contribution is 2.28. The van der Waals surface area contributed by atoms with Crippen molar-refractivity contribution >= 4 is 26.8 Å². The van der Waals surface area contributed by atoms with Crippen LogP contribution < -0.4 is 5.32 Å². The Morgan fingerprint density at radius 2 is 1.90 bits per heavy atom. The average molecular weight is 445 g/mol. The minimum Gasteiger partial charge on any atom is -0.356 e. The number of nitrogens with one attached hydrogen (secondary N) is 1. The number of aromatic nitrogens is 1. The number of carbonyl (C=O) groups is 1. The van der Waals surface area contributed by atoms with Crippen molar-refractivity contribution in [3.8, 4) is 0 Å². The van der Waals surface area contributed by atoms with E-state index in [1.807, 2.05) is 19.1 Å². The summed E-state index contributed by atoms with van der Waals surface area (Å²) >= 11 is 0. The molecule has 0 saturated carbocycles. The number of amides is 1. The predicted octanol–water partition coefficient (Wildman–Crippen LogP) is 2.55. The number of likely N-dealkylation sites (tertiary alicyclic amines) is 1. The van der Waals surface area contributed by atoms with Gasteiger partial charge in [-0.25, -0.2) is 8.42 Å². The molecule has 0 atom stereocenters. The molecule has 1 aromatic heterocycles. The highest BCUT2D eigenvalue weighted by molar-refractivity contribution is 7.89. The Balaban J connectivity index is 1.32. The van der Waals surface area contributed by atoms with E-state index in [1.165, 1.54) is 30.2 Å². The molecule has 3 heterocycles. The number of benzene rings is 1. The molecule has 7 nitrogen and oxygen atoms in total. The fourth-order valence-corrected chi connectivity index (χ4v) is 6.25. The van der Waals surface area contributed by atoms with Gasteiger partial charge in [0, 0.05) is 37.1 Å². The highest BCUT2D eigenvalue weighted by Gasteiger charge is 2.33. The van der Waals surface area contributed by atoms with Crippen molar-refractivity contribution in [1.82, 2.24) is 19.5 Å². The molecule has 1 N–H and O–H groups in total. The first-order valence-corrected chi connectivity index (χ1v) is 12.7. The molecule has 2 fully saturated rings. The number of hydrogen-bond donors (Lipinski definition) is 1. The van der Waals surface area contributed by atoms with Gasteiger partial charge in [0.2, 0.25) is 15.9 Å². The first-order valence-electron chi connectivity index (χ1n) is 11.3. The summed E-state index contributed by atoms with van der Waals surface area (Å²) in [6, 6.07) is 7.22. The van der Waals surface area contributed by atoms with E-state index in [9.17, 15) is 13.2 Å². The maximum atomic E-state index is 13.3. The van der Waals surface area contributed by atoms with Crippen molar-refractivity contribution in [2.24, 2.45) is 5.92 Å². The molecule has 2 saturated heterocycles. The van der Waals surface area contributed by atoms with Crippen LogP contribution in [0.4, 0.5) is 0 Å². The zero-order chi connectivity index (χ0) is 21.8. The number of para-hydroxylation sites is 1. The number of piperidine rings is 1. The van der Waals surface area contributed by atoms with Crippen molar-refractivity contribution in [2.75, 3.05) is 39.3 Å². The smallest absolute Gasteiger partial charge is 0.245 e. The van der Waals surface area contributed by atoms with Crippen molar-refractivity contribution in [1.29, 1.82) is 0 Å². The standard InChI is InChI=1S/C23H32N4O3S/c1-18-16-20-6-4-7-21(22(20)25-17-18)31(29,30)27-14-8-19(9-15-27)23(28)24-10-5-13-26-11-2-3-12-26/h4,6-7,16-17,19H,2-3,5,8-15H2,1H3,(H,24,28). The van der Waals surface area contributed by atoms with E-state index < -0.39 is 10.0 Å². The number of carbonyl (C=O) groups excluding carboxylic acids is 1. The van der Waals surface area contributed by atoms with Crippen LogP contribution in [0.2, 0.25) is 0 Å². The van der Waals surface area contributed by atoms with Gasteiger partial charge in [-0.3, -0.25) is 9.78 Å². The Morgan fingerprint density at radius 1 is 1.16 bits per heavy atom. The first kappa shape index (κ1) is 22.2. The second kappa shape index (κ2) is 9.63. The van der Waals surface area contributed by atoms with E-state index in [0.29, 0.717) is 38.0 Å². The molecule has 2 aliphatic heterocycles. The number of aryl methyl sites for hydroxylation is 1. The van der Waals surface area contributed by atoms with Gasteiger partial charge < -0.3 is 10.2 Å². The van der Waals surface area contributed by atoms with Crippen molar-refractivity contribution in [3.63, 3.8) is 0 Å². The lowest BCUT2D eigenvalue weighted by Crippen LogP contribution is -2.43. The van der Waals surface area contributed by atoms with E-state index >= 15 is 0 Å². The average Bonchev–Trinajstić information content (AvgIpc) is 3.29. The molecule has 168 valence electrons. The van der Waals surface area contributed by atoms with Crippen LogP contribution in [-0.4, -0.2) is 67.8 Å². The van der Waals surface area contributed by atoms with E-state index in [1.54, 1.807) is 18.3 Å². The summed E-state index contributed by atoms with van der Waals surface area (Å²) in [4.78, 5) is 19.6. The van der Waals surface area contributed by atoms with Gasteiger partial charge in [0.25, 0.3) is 0 Å². The Kier molecular flexibility index (Phi) is 6.89. The normalized spacial score (nSPS) is 19.1. The van der Waals surface area contributed by atoms with Crippen LogP contribution in [0, 0.1) is 12.8 Å². The highest BCUT2D eigenvalue weighted by atomic mass is 32.2. The number of sulfonamides is 1. The molecule has 0 unspecified atom stereocenters. The van der Waals surface area contributed by atoms with Gasteiger partial charge in [0.1, 0.15) is 4.90 Å². The lowest BCUT2D eigenvalue weighted by Gasteiger charge is -2.30. The van der Waals surface area contributed by atoms with E-state index in [0.717, 1.165) is 23.9 Å². The zero-order valence-corrected chi connectivity index (χ0v) is 19.0. The fraction of sp³-hybridized carbons (Fsp3) is 0.565. The van der Waals surface area contributed by atoms with Crippen LogP contribution in [0.1, 0.15) is 37.7 Å². The molecular weight excluding hydrogens is 412 g/mol. The Morgan fingerprint density at radius 3 is 2.65 bits per heavy atom. The zero-order valence-electron chi connectivity index (χ0n) is 18.2. The van der Waals surface area contributed by atoms with E-state index in [2.05, 4.69) is 15.2 Å². The lowest BCUT2D eigenvalue weighted by atomic mass is 9.97. The molecule has 1 aromatic carbocycles. The fourth-order valence-electron chi connectivity index (χ4n) is 4.61. The molecule has 0 spiro atoms. The van der Waals surface area contributed by atoms with Crippen molar-refractivity contribution in [2.45, 2.75) is 43.9 Å². The SMILES string of the molecule is Cc1cnc2c(S(=O)(=O)N3CCC(C(=O)NCCCN4CCCC4)CC3)cccc2c1. The number of hydrogen-bond acceptors (Lipinski definition) is 5. The van der Waals surface area contributed by atoms with Crippen LogP contribution in [0.5, 0.6) is 0 Å². The Hall–Kier alpha value is -2.03.